The number of carbonyl (C=O) groups is 1. The average molecular weight is 314 g/mol. The molecule has 3 rings (SSSR count). The first-order valence-electron chi connectivity index (χ1n) is 6.64. The first-order chi connectivity index (χ1) is 10.7. The second-order valence-electron chi connectivity index (χ2n) is 4.60. The Labute approximate surface area is 130 Å². The minimum atomic E-state index is -0.156. The second kappa shape index (κ2) is 6.35. The highest BCUT2D eigenvalue weighted by atomic mass is 32.1. The number of rotatable bonds is 5. The zero-order valence-electron chi connectivity index (χ0n) is 11.6. The second-order valence-corrected chi connectivity index (χ2v) is 5.64. The standard InChI is InChI=1S/C14H14N6OS/c15-12-6-2-1-5-11(12)14-17-18-19-20(14)9-13(21)16-8-10-4-3-7-22-10/h1-7H,8-9,15H2,(H,16,21). The van der Waals surface area contributed by atoms with Gasteiger partial charge in [-0.25, -0.2) is 4.68 Å². The number of benzene rings is 1. The summed E-state index contributed by atoms with van der Waals surface area (Å²) in [7, 11) is 0. The summed E-state index contributed by atoms with van der Waals surface area (Å²) in [6, 6.07) is 11.2. The van der Waals surface area contributed by atoms with Crippen molar-refractivity contribution >= 4 is 22.9 Å². The fraction of sp³-hybridized carbons (Fsp3) is 0.143. The maximum atomic E-state index is 12.0. The molecule has 1 aromatic carbocycles. The third-order valence-corrected chi connectivity index (χ3v) is 3.94. The molecule has 0 bridgehead atoms. The van der Waals surface area contributed by atoms with Gasteiger partial charge in [0.25, 0.3) is 0 Å². The lowest BCUT2D eigenvalue weighted by molar-refractivity contribution is -0.122. The monoisotopic (exact) mass is 314 g/mol. The Balaban J connectivity index is 1.70. The number of hydrogen-bond donors (Lipinski definition) is 2. The number of para-hydroxylation sites is 1. The Bertz CT molecular complexity index is 767. The van der Waals surface area contributed by atoms with E-state index in [0.717, 1.165) is 4.88 Å². The number of amides is 1. The first kappa shape index (κ1) is 14.2. The van der Waals surface area contributed by atoms with Crippen molar-refractivity contribution in [1.29, 1.82) is 0 Å². The average Bonchev–Trinajstić information content (AvgIpc) is 3.17. The van der Waals surface area contributed by atoms with Crippen LogP contribution in [0.3, 0.4) is 0 Å². The van der Waals surface area contributed by atoms with Crippen LogP contribution in [0.2, 0.25) is 0 Å². The van der Waals surface area contributed by atoms with E-state index in [-0.39, 0.29) is 12.5 Å². The molecular formula is C14H14N6OS. The van der Waals surface area contributed by atoms with E-state index in [4.69, 9.17) is 5.73 Å². The van der Waals surface area contributed by atoms with Gasteiger partial charge in [0, 0.05) is 16.1 Å². The summed E-state index contributed by atoms with van der Waals surface area (Å²) in [4.78, 5) is 13.1. The highest BCUT2D eigenvalue weighted by Gasteiger charge is 2.14. The van der Waals surface area contributed by atoms with Crippen molar-refractivity contribution in [2.75, 3.05) is 5.73 Å². The van der Waals surface area contributed by atoms with E-state index in [1.165, 1.54) is 4.68 Å². The van der Waals surface area contributed by atoms with E-state index in [1.54, 1.807) is 17.4 Å². The molecule has 7 nitrogen and oxygen atoms in total. The third-order valence-electron chi connectivity index (χ3n) is 3.07. The molecule has 2 aromatic heterocycles. The number of thiophene rings is 1. The van der Waals surface area contributed by atoms with E-state index in [0.29, 0.717) is 23.6 Å². The van der Waals surface area contributed by atoms with Gasteiger partial charge in [0.1, 0.15) is 6.54 Å². The molecule has 2 heterocycles. The maximum Gasteiger partial charge on any atom is 0.242 e. The Hall–Kier alpha value is -2.74. The molecule has 0 atom stereocenters. The van der Waals surface area contributed by atoms with Crippen LogP contribution in [0.25, 0.3) is 11.4 Å². The van der Waals surface area contributed by atoms with E-state index < -0.39 is 0 Å². The van der Waals surface area contributed by atoms with E-state index in [9.17, 15) is 4.79 Å². The number of hydrogen-bond acceptors (Lipinski definition) is 6. The zero-order valence-corrected chi connectivity index (χ0v) is 12.5. The number of aromatic nitrogens is 4. The lowest BCUT2D eigenvalue weighted by atomic mass is 10.2. The predicted octanol–water partition coefficient (Wildman–Crippen LogP) is 1.30. The van der Waals surface area contributed by atoms with Gasteiger partial charge in [-0.05, 0) is 34.0 Å². The van der Waals surface area contributed by atoms with Crippen molar-refractivity contribution in [3.8, 4) is 11.4 Å². The van der Waals surface area contributed by atoms with Crippen LogP contribution in [-0.2, 0) is 17.9 Å². The van der Waals surface area contributed by atoms with Crippen molar-refractivity contribution < 1.29 is 4.79 Å². The quantitative estimate of drug-likeness (QED) is 0.692. The highest BCUT2D eigenvalue weighted by molar-refractivity contribution is 7.09. The summed E-state index contributed by atoms with van der Waals surface area (Å²) < 4.78 is 1.44. The van der Waals surface area contributed by atoms with Gasteiger partial charge in [0.15, 0.2) is 5.82 Å². The van der Waals surface area contributed by atoms with Gasteiger partial charge in [-0.15, -0.1) is 16.4 Å². The number of anilines is 1. The van der Waals surface area contributed by atoms with E-state index in [1.807, 2.05) is 35.7 Å². The molecule has 112 valence electrons. The van der Waals surface area contributed by atoms with Crippen molar-refractivity contribution in [3.63, 3.8) is 0 Å². The lowest BCUT2D eigenvalue weighted by Gasteiger charge is -2.07. The zero-order chi connectivity index (χ0) is 15.4. The summed E-state index contributed by atoms with van der Waals surface area (Å²) in [5, 5.41) is 16.3. The first-order valence-corrected chi connectivity index (χ1v) is 7.52. The van der Waals surface area contributed by atoms with Crippen molar-refractivity contribution in [3.05, 3.63) is 46.7 Å². The van der Waals surface area contributed by atoms with Gasteiger partial charge in [-0.1, -0.05) is 18.2 Å². The van der Waals surface area contributed by atoms with Crippen LogP contribution in [-0.4, -0.2) is 26.1 Å². The van der Waals surface area contributed by atoms with Gasteiger partial charge < -0.3 is 11.1 Å². The molecule has 0 unspecified atom stereocenters. The van der Waals surface area contributed by atoms with Crippen LogP contribution in [0.5, 0.6) is 0 Å². The smallest absolute Gasteiger partial charge is 0.242 e. The highest BCUT2D eigenvalue weighted by Crippen LogP contribution is 2.22. The summed E-state index contributed by atoms with van der Waals surface area (Å²) >= 11 is 1.60. The Kier molecular flexibility index (Phi) is 4.10. The number of nitrogens with one attached hydrogen (secondary N) is 1. The van der Waals surface area contributed by atoms with Crippen LogP contribution >= 0.6 is 11.3 Å². The number of carbonyl (C=O) groups excluding carboxylic acids is 1. The van der Waals surface area contributed by atoms with Gasteiger partial charge >= 0.3 is 0 Å². The van der Waals surface area contributed by atoms with Crippen molar-refractivity contribution in [2.45, 2.75) is 13.1 Å². The number of tetrazole rings is 1. The molecule has 22 heavy (non-hydrogen) atoms. The van der Waals surface area contributed by atoms with Gasteiger partial charge in [0.05, 0.1) is 6.54 Å². The largest absolute Gasteiger partial charge is 0.398 e. The minimum absolute atomic E-state index is 0.0437. The molecule has 3 aromatic rings. The van der Waals surface area contributed by atoms with Crippen molar-refractivity contribution in [2.24, 2.45) is 0 Å². The Morgan fingerprint density at radius 1 is 1.27 bits per heavy atom. The van der Waals surface area contributed by atoms with Crippen LogP contribution in [0.4, 0.5) is 5.69 Å². The van der Waals surface area contributed by atoms with E-state index in [2.05, 4.69) is 20.8 Å². The fourth-order valence-electron chi connectivity index (χ4n) is 2.00. The molecule has 0 radical (unpaired) electrons. The molecule has 0 spiro atoms. The predicted molar refractivity (Wildman–Crippen MR) is 83.8 cm³/mol. The molecule has 3 N–H and O–H groups in total. The van der Waals surface area contributed by atoms with Gasteiger partial charge in [0.2, 0.25) is 5.91 Å². The molecule has 0 aliphatic carbocycles. The third kappa shape index (κ3) is 3.12. The van der Waals surface area contributed by atoms with Crippen LogP contribution in [0, 0.1) is 0 Å². The summed E-state index contributed by atoms with van der Waals surface area (Å²) in [5.41, 5.74) is 7.20. The fourth-order valence-corrected chi connectivity index (χ4v) is 2.64. The SMILES string of the molecule is Nc1ccccc1-c1nnnn1CC(=O)NCc1cccs1. The van der Waals surface area contributed by atoms with Crippen LogP contribution < -0.4 is 11.1 Å². The molecule has 0 fully saturated rings. The Morgan fingerprint density at radius 2 is 2.14 bits per heavy atom. The molecule has 0 aliphatic rings. The van der Waals surface area contributed by atoms with Crippen LogP contribution in [0.15, 0.2) is 41.8 Å². The number of nitrogens with zero attached hydrogens (tertiary/aromatic N) is 4. The molecule has 0 aliphatic heterocycles. The molecule has 0 saturated heterocycles. The summed E-state index contributed by atoms with van der Waals surface area (Å²) in [5.74, 6) is 0.320. The van der Waals surface area contributed by atoms with Crippen molar-refractivity contribution in [1.82, 2.24) is 25.5 Å². The molecule has 1 amide bonds. The summed E-state index contributed by atoms with van der Waals surface area (Å²) in [6.45, 7) is 0.545. The number of nitrogens with two attached hydrogens (primary N) is 1. The number of nitrogen functional groups attached to an aromatic ring is 1. The summed E-state index contributed by atoms with van der Waals surface area (Å²) in [6.07, 6.45) is 0. The minimum Gasteiger partial charge on any atom is -0.398 e. The Morgan fingerprint density at radius 3 is 2.91 bits per heavy atom. The van der Waals surface area contributed by atoms with Crippen LogP contribution in [0.1, 0.15) is 4.88 Å². The molecule has 0 saturated carbocycles. The normalized spacial score (nSPS) is 10.5. The molecular weight excluding hydrogens is 300 g/mol. The topological polar surface area (TPSA) is 98.7 Å². The lowest BCUT2D eigenvalue weighted by Crippen LogP contribution is -2.27. The van der Waals surface area contributed by atoms with Gasteiger partial charge in [-0.3, -0.25) is 4.79 Å². The van der Waals surface area contributed by atoms with E-state index >= 15 is 0 Å². The van der Waals surface area contributed by atoms with Gasteiger partial charge in [-0.2, -0.15) is 0 Å². The molecule has 8 heteroatoms. The maximum absolute atomic E-state index is 12.0.